The first-order valence-corrected chi connectivity index (χ1v) is 5.80. The number of rotatable bonds is 3. The highest BCUT2D eigenvalue weighted by atomic mass is 16.7. The third-order valence-corrected chi connectivity index (χ3v) is 3.17. The van der Waals surface area contributed by atoms with Gasteiger partial charge in [-0.3, -0.25) is 0 Å². The molecule has 1 heterocycles. The maximum Gasteiger partial charge on any atom is 0.177 e. The second-order valence-electron chi connectivity index (χ2n) is 4.55. The van der Waals surface area contributed by atoms with Gasteiger partial charge in [-0.05, 0) is 26.2 Å². The van der Waals surface area contributed by atoms with Crippen LogP contribution in [0.4, 0.5) is 0 Å². The Morgan fingerprint density at radius 2 is 1.79 bits per heavy atom. The van der Waals surface area contributed by atoms with E-state index in [1.54, 1.807) is 0 Å². The van der Waals surface area contributed by atoms with Crippen LogP contribution in [0.15, 0.2) is 0 Å². The maximum atomic E-state index is 5.64. The van der Waals surface area contributed by atoms with Crippen molar-refractivity contribution in [1.29, 1.82) is 0 Å². The van der Waals surface area contributed by atoms with Crippen molar-refractivity contribution in [2.24, 2.45) is 0 Å². The van der Waals surface area contributed by atoms with Gasteiger partial charge in [-0.15, -0.1) is 0 Å². The predicted molar refractivity (Wildman–Crippen MR) is 55.2 cm³/mol. The first-order chi connectivity index (χ1) is 6.79. The summed E-state index contributed by atoms with van der Waals surface area (Å²) in [6.45, 7) is 4.54. The van der Waals surface area contributed by atoms with Crippen LogP contribution in [0.5, 0.6) is 0 Å². The van der Waals surface area contributed by atoms with Crippen molar-refractivity contribution in [3.05, 3.63) is 0 Å². The van der Waals surface area contributed by atoms with E-state index in [1.165, 1.54) is 25.7 Å². The van der Waals surface area contributed by atoms with E-state index in [1.807, 2.05) is 6.92 Å². The fraction of sp³-hybridized carbons (Fsp3) is 1.00. The second kappa shape index (κ2) is 4.60. The lowest BCUT2D eigenvalue weighted by atomic mass is 10.2. The Morgan fingerprint density at radius 3 is 2.43 bits per heavy atom. The molecule has 0 aromatic heterocycles. The van der Waals surface area contributed by atoms with Crippen molar-refractivity contribution < 1.29 is 9.47 Å². The van der Waals surface area contributed by atoms with Crippen LogP contribution in [-0.2, 0) is 9.47 Å². The highest BCUT2D eigenvalue weighted by Gasteiger charge is 2.29. The van der Waals surface area contributed by atoms with Crippen LogP contribution >= 0.6 is 0 Å². The smallest absolute Gasteiger partial charge is 0.177 e. The van der Waals surface area contributed by atoms with Gasteiger partial charge in [0.05, 0.1) is 13.2 Å². The average molecular weight is 199 g/mol. The van der Waals surface area contributed by atoms with Crippen LogP contribution in [0.25, 0.3) is 0 Å². The van der Waals surface area contributed by atoms with Gasteiger partial charge in [-0.2, -0.15) is 0 Å². The first-order valence-electron chi connectivity index (χ1n) is 5.80. The normalized spacial score (nSPS) is 28.1. The molecule has 0 atom stereocenters. The summed E-state index contributed by atoms with van der Waals surface area (Å²) in [6.07, 6.45) is 6.40. The van der Waals surface area contributed by atoms with E-state index in [0.717, 1.165) is 26.2 Å². The van der Waals surface area contributed by atoms with E-state index < -0.39 is 0 Å². The zero-order valence-electron chi connectivity index (χ0n) is 9.05. The summed E-state index contributed by atoms with van der Waals surface area (Å²) in [5, 5.41) is 3.54. The molecule has 2 rings (SSSR count). The van der Waals surface area contributed by atoms with Gasteiger partial charge in [0.25, 0.3) is 0 Å². The monoisotopic (exact) mass is 199 g/mol. The molecule has 0 bridgehead atoms. The van der Waals surface area contributed by atoms with Crippen molar-refractivity contribution >= 4 is 0 Å². The molecule has 82 valence electrons. The molecule has 2 fully saturated rings. The van der Waals surface area contributed by atoms with Gasteiger partial charge in [0.2, 0.25) is 0 Å². The van der Waals surface area contributed by atoms with E-state index >= 15 is 0 Å². The van der Waals surface area contributed by atoms with Crippen molar-refractivity contribution in [3.63, 3.8) is 0 Å². The quantitative estimate of drug-likeness (QED) is 0.750. The predicted octanol–water partition coefficient (Wildman–Crippen LogP) is 1.67. The van der Waals surface area contributed by atoms with Gasteiger partial charge in [-0.1, -0.05) is 12.8 Å². The lowest BCUT2D eigenvalue weighted by Crippen LogP contribution is -2.48. The zero-order chi connectivity index (χ0) is 9.86. The first kappa shape index (κ1) is 10.4. The molecule has 1 aliphatic carbocycles. The van der Waals surface area contributed by atoms with Crippen LogP contribution < -0.4 is 5.32 Å². The number of nitrogens with one attached hydrogen (secondary N) is 1. The van der Waals surface area contributed by atoms with E-state index in [-0.39, 0.29) is 5.79 Å². The van der Waals surface area contributed by atoms with E-state index in [4.69, 9.17) is 9.47 Å². The van der Waals surface area contributed by atoms with E-state index in [2.05, 4.69) is 5.32 Å². The van der Waals surface area contributed by atoms with Gasteiger partial charge < -0.3 is 14.8 Å². The standard InChI is InChI=1S/C11H21NO2/c1-11(13-7-4-8-14-11)9-12-10-5-2-3-6-10/h10,12H,2-9H2,1H3. The molecule has 14 heavy (non-hydrogen) atoms. The SMILES string of the molecule is CC1(CNC2CCCC2)OCCCO1. The molecule has 0 aromatic rings. The van der Waals surface area contributed by atoms with Crippen molar-refractivity contribution in [3.8, 4) is 0 Å². The molecule has 0 radical (unpaired) electrons. The summed E-state index contributed by atoms with van der Waals surface area (Å²) in [4.78, 5) is 0. The molecule has 0 unspecified atom stereocenters. The number of hydrogen-bond acceptors (Lipinski definition) is 3. The van der Waals surface area contributed by atoms with Crippen molar-refractivity contribution in [2.75, 3.05) is 19.8 Å². The Kier molecular flexibility index (Phi) is 3.42. The zero-order valence-corrected chi connectivity index (χ0v) is 9.05. The van der Waals surface area contributed by atoms with Crippen molar-refractivity contribution in [1.82, 2.24) is 5.32 Å². The molecular weight excluding hydrogens is 178 g/mol. The number of hydrogen-bond donors (Lipinski definition) is 1. The van der Waals surface area contributed by atoms with Gasteiger partial charge in [0.15, 0.2) is 5.79 Å². The van der Waals surface area contributed by atoms with Gasteiger partial charge in [0.1, 0.15) is 0 Å². The minimum Gasteiger partial charge on any atom is -0.349 e. The Balaban J connectivity index is 1.72. The third kappa shape index (κ3) is 2.69. The average Bonchev–Trinajstić information content (AvgIpc) is 2.69. The summed E-state index contributed by atoms with van der Waals surface area (Å²) in [5.41, 5.74) is 0. The highest BCUT2D eigenvalue weighted by Crippen LogP contribution is 2.21. The fourth-order valence-corrected chi connectivity index (χ4v) is 2.24. The minimum atomic E-state index is -0.374. The highest BCUT2D eigenvalue weighted by molar-refractivity contribution is 4.78. The van der Waals surface area contributed by atoms with Crippen LogP contribution in [0.3, 0.4) is 0 Å². The molecule has 3 heteroatoms. The second-order valence-corrected chi connectivity index (χ2v) is 4.55. The molecular formula is C11H21NO2. The van der Waals surface area contributed by atoms with E-state index in [0.29, 0.717) is 6.04 Å². The lowest BCUT2D eigenvalue weighted by Gasteiger charge is -2.35. The molecule has 3 nitrogen and oxygen atoms in total. The van der Waals surface area contributed by atoms with Crippen LogP contribution in [0.1, 0.15) is 39.0 Å². The maximum absolute atomic E-state index is 5.64. The largest absolute Gasteiger partial charge is 0.349 e. The summed E-state index contributed by atoms with van der Waals surface area (Å²) in [5.74, 6) is -0.374. The Hall–Kier alpha value is -0.120. The molecule has 0 spiro atoms. The number of ether oxygens (including phenoxy) is 2. The Labute approximate surface area is 86.2 Å². The van der Waals surface area contributed by atoms with Gasteiger partial charge >= 0.3 is 0 Å². The Bertz CT molecular complexity index is 172. The Morgan fingerprint density at radius 1 is 1.14 bits per heavy atom. The molecule has 1 N–H and O–H groups in total. The fourth-order valence-electron chi connectivity index (χ4n) is 2.24. The molecule has 1 aliphatic heterocycles. The molecule has 0 aromatic carbocycles. The lowest BCUT2D eigenvalue weighted by molar-refractivity contribution is -0.252. The van der Waals surface area contributed by atoms with Gasteiger partial charge in [0, 0.05) is 12.6 Å². The van der Waals surface area contributed by atoms with Gasteiger partial charge in [-0.25, -0.2) is 0 Å². The molecule has 1 saturated heterocycles. The summed E-state index contributed by atoms with van der Waals surface area (Å²) < 4.78 is 11.3. The third-order valence-electron chi connectivity index (χ3n) is 3.17. The molecule has 1 saturated carbocycles. The minimum absolute atomic E-state index is 0.374. The van der Waals surface area contributed by atoms with Crippen LogP contribution in [-0.4, -0.2) is 31.6 Å². The molecule has 0 amide bonds. The topological polar surface area (TPSA) is 30.5 Å². The van der Waals surface area contributed by atoms with E-state index in [9.17, 15) is 0 Å². The summed E-state index contributed by atoms with van der Waals surface area (Å²) in [7, 11) is 0. The summed E-state index contributed by atoms with van der Waals surface area (Å²) >= 11 is 0. The van der Waals surface area contributed by atoms with Crippen molar-refractivity contribution in [2.45, 2.75) is 50.9 Å². The van der Waals surface area contributed by atoms with Crippen LogP contribution in [0, 0.1) is 0 Å². The molecule has 2 aliphatic rings. The summed E-state index contributed by atoms with van der Waals surface area (Å²) in [6, 6.07) is 0.695. The van der Waals surface area contributed by atoms with Crippen LogP contribution in [0.2, 0.25) is 0 Å².